The second kappa shape index (κ2) is 4.99. The first kappa shape index (κ1) is 12.1. The van der Waals surface area contributed by atoms with Crippen LogP contribution in [0.15, 0.2) is 16.6 Å². The van der Waals surface area contributed by atoms with Crippen molar-refractivity contribution in [1.82, 2.24) is 15.3 Å². The van der Waals surface area contributed by atoms with E-state index in [1.54, 1.807) is 0 Å². The number of morpholine rings is 1. The van der Waals surface area contributed by atoms with E-state index >= 15 is 0 Å². The Balaban J connectivity index is 1.86. The summed E-state index contributed by atoms with van der Waals surface area (Å²) in [6.45, 7) is 4.72. The number of imidazole rings is 1. The van der Waals surface area contributed by atoms with Crippen molar-refractivity contribution in [3.05, 3.63) is 28.0 Å². The Morgan fingerprint density at radius 1 is 1.50 bits per heavy atom. The van der Waals surface area contributed by atoms with Gasteiger partial charge in [-0.25, -0.2) is 4.98 Å². The summed E-state index contributed by atoms with van der Waals surface area (Å²) < 4.78 is 6.78. The highest BCUT2D eigenvalue weighted by Crippen LogP contribution is 2.22. The molecule has 0 bridgehead atoms. The molecule has 96 valence electrons. The number of fused-ring (bicyclic) bond motifs is 1. The average molecular weight is 310 g/mol. The van der Waals surface area contributed by atoms with Crippen LogP contribution in [0, 0.1) is 6.92 Å². The van der Waals surface area contributed by atoms with E-state index in [4.69, 9.17) is 4.74 Å². The van der Waals surface area contributed by atoms with Crippen molar-refractivity contribution in [2.24, 2.45) is 0 Å². The number of rotatable bonds is 2. The van der Waals surface area contributed by atoms with E-state index < -0.39 is 0 Å². The lowest BCUT2D eigenvalue weighted by Crippen LogP contribution is -2.39. The fourth-order valence-corrected chi connectivity index (χ4v) is 2.93. The molecule has 0 spiro atoms. The monoisotopic (exact) mass is 309 g/mol. The fourth-order valence-electron chi connectivity index (χ4n) is 2.36. The molecule has 1 fully saturated rings. The third-order valence-electron chi connectivity index (χ3n) is 3.22. The molecule has 4 nitrogen and oxygen atoms in total. The summed E-state index contributed by atoms with van der Waals surface area (Å²) in [5, 5.41) is 3.34. The van der Waals surface area contributed by atoms with Crippen LogP contribution in [0.2, 0.25) is 0 Å². The highest BCUT2D eigenvalue weighted by molar-refractivity contribution is 9.10. The molecule has 1 saturated heterocycles. The highest BCUT2D eigenvalue weighted by atomic mass is 79.9. The first-order valence-electron chi connectivity index (χ1n) is 6.19. The third-order valence-corrected chi connectivity index (χ3v) is 3.67. The van der Waals surface area contributed by atoms with Crippen LogP contribution in [-0.2, 0) is 11.2 Å². The molecular weight excluding hydrogens is 294 g/mol. The molecule has 2 heterocycles. The highest BCUT2D eigenvalue weighted by Gasteiger charge is 2.16. The lowest BCUT2D eigenvalue weighted by atomic mass is 10.2. The Morgan fingerprint density at radius 3 is 3.17 bits per heavy atom. The fraction of sp³-hybridized carbons (Fsp3) is 0.462. The van der Waals surface area contributed by atoms with Gasteiger partial charge in [-0.05, 0) is 24.6 Å². The molecule has 1 aliphatic heterocycles. The van der Waals surface area contributed by atoms with E-state index in [-0.39, 0.29) is 6.10 Å². The minimum Gasteiger partial charge on any atom is -0.375 e. The van der Waals surface area contributed by atoms with Gasteiger partial charge >= 0.3 is 0 Å². The molecule has 1 unspecified atom stereocenters. The van der Waals surface area contributed by atoms with Crippen LogP contribution in [0.5, 0.6) is 0 Å². The Bertz CT molecular complexity index is 561. The van der Waals surface area contributed by atoms with Crippen LogP contribution in [-0.4, -0.2) is 35.8 Å². The topological polar surface area (TPSA) is 49.9 Å². The standard InChI is InChI=1S/C13H16BrN3O/c1-8-4-9(14)5-11-13(8)17-12(16-11)6-10-7-15-2-3-18-10/h4-5,10,15H,2-3,6-7H2,1H3,(H,16,17). The molecule has 2 aromatic rings. The van der Waals surface area contributed by atoms with Gasteiger partial charge in [0.2, 0.25) is 0 Å². The van der Waals surface area contributed by atoms with Gasteiger partial charge in [-0.1, -0.05) is 15.9 Å². The molecule has 1 aromatic carbocycles. The summed E-state index contributed by atoms with van der Waals surface area (Å²) in [4.78, 5) is 8.04. The molecule has 0 radical (unpaired) electrons. The number of hydrogen-bond acceptors (Lipinski definition) is 3. The summed E-state index contributed by atoms with van der Waals surface area (Å²) in [5.41, 5.74) is 3.32. The van der Waals surface area contributed by atoms with Crippen molar-refractivity contribution in [3.63, 3.8) is 0 Å². The maximum absolute atomic E-state index is 5.70. The number of aryl methyl sites for hydroxylation is 1. The zero-order chi connectivity index (χ0) is 12.5. The van der Waals surface area contributed by atoms with Crippen LogP contribution in [0.1, 0.15) is 11.4 Å². The maximum atomic E-state index is 5.70. The predicted octanol–water partition coefficient (Wildman–Crippen LogP) is 2.16. The number of H-pyrrole nitrogens is 1. The van der Waals surface area contributed by atoms with E-state index in [1.807, 2.05) is 0 Å². The van der Waals surface area contributed by atoms with Gasteiger partial charge in [0, 0.05) is 24.0 Å². The number of aromatic amines is 1. The average Bonchev–Trinajstić information content (AvgIpc) is 2.73. The molecule has 0 amide bonds. The third kappa shape index (κ3) is 2.43. The SMILES string of the molecule is Cc1cc(Br)cc2[nH]c(CC3CNCCO3)nc12. The number of nitrogens with one attached hydrogen (secondary N) is 2. The lowest BCUT2D eigenvalue weighted by Gasteiger charge is -2.22. The van der Waals surface area contributed by atoms with Crippen molar-refractivity contribution in [2.45, 2.75) is 19.4 Å². The van der Waals surface area contributed by atoms with E-state index in [0.29, 0.717) is 0 Å². The van der Waals surface area contributed by atoms with Gasteiger partial charge in [-0.3, -0.25) is 0 Å². The van der Waals surface area contributed by atoms with Crippen molar-refractivity contribution < 1.29 is 4.74 Å². The smallest absolute Gasteiger partial charge is 0.109 e. The Kier molecular flexibility index (Phi) is 3.37. The maximum Gasteiger partial charge on any atom is 0.109 e. The molecule has 18 heavy (non-hydrogen) atoms. The van der Waals surface area contributed by atoms with Crippen molar-refractivity contribution in [1.29, 1.82) is 0 Å². The summed E-state index contributed by atoms with van der Waals surface area (Å²) in [6.07, 6.45) is 1.06. The Hall–Kier alpha value is -0.910. The van der Waals surface area contributed by atoms with Gasteiger partial charge in [0.25, 0.3) is 0 Å². The van der Waals surface area contributed by atoms with E-state index in [2.05, 4.69) is 50.3 Å². The summed E-state index contributed by atoms with van der Waals surface area (Å²) in [7, 11) is 0. The number of nitrogens with zero attached hydrogens (tertiary/aromatic N) is 1. The molecule has 3 rings (SSSR count). The second-order valence-electron chi connectivity index (χ2n) is 4.70. The minimum atomic E-state index is 0.225. The number of benzene rings is 1. The van der Waals surface area contributed by atoms with Gasteiger partial charge < -0.3 is 15.0 Å². The molecule has 0 saturated carbocycles. The molecule has 5 heteroatoms. The minimum absolute atomic E-state index is 0.225. The zero-order valence-corrected chi connectivity index (χ0v) is 11.9. The van der Waals surface area contributed by atoms with Gasteiger partial charge in [0.15, 0.2) is 0 Å². The van der Waals surface area contributed by atoms with Gasteiger partial charge in [0.1, 0.15) is 5.82 Å². The molecule has 1 atom stereocenters. The van der Waals surface area contributed by atoms with Gasteiger partial charge in [-0.15, -0.1) is 0 Å². The van der Waals surface area contributed by atoms with Crippen LogP contribution in [0.3, 0.4) is 0 Å². The zero-order valence-electron chi connectivity index (χ0n) is 10.3. The summed E-state index contributed by atoms with van der Waals surface area (Å²) >= 11 is 3.51. The molecule has 1 aliphatic rings. The first-order chi connectivity index (χ1) is 8.72. The van der Waals surface area contributed by atoms with Crippen molar-refractivity contribution in [2.75, 3.05) is 19.7 Å². The molecular formula is C13H16BrN3O. The number of ether oxygens (including phenoxy) is 1. The normalized spacial score (nSPS) is 20.4. The molecule has 2 N–H and O–H groups in total. The summed E-state index contributed by atoms with van der Waals surface area (Å²) in [6, 6.07) is 4.16. The van der Waals surface area contributed by atoms with Gasteiger partial charge in [0.05, 0.1) is 23.7 Å². The van der Waals surface area contributed by atoms with Crippen LogP contribution < -0.4 is 5.32 Å². The lowest BCUT2D eigenvalue weighted by molar-refractivity contribution is 0.0282. The first-order valence-corrected chi connectivity index (χ1v) is 6.99. The summed E-state index contributed by atoms with van der Waals surface area (Å²) in [5.74, 6) is 1.000. The largest absolute Gasteiger partial charge is 0.375 e. The van der Waals surface area contributed by atoms with E-state index in [0.717, 1.165) is 47.4 Å². The van der Waals surface area contributed by atoms with Crippen LogP contribution in [0.25, 0.3) is 11.0 Å². The molecule has 0 aliphatic carbocycles. The van der Waals surface area contributed by atoms with Crippen molar-refractivity contribution in [3.8, 4) is 0 Å². The van der Waals surface area contributed by atoms with Crippen LogP contribution >= 0.6 is 15.9 Å². The quantitative estimate of drug-likeness (QED) is 0.894. The van der Waals surface area contributed by atoms with Crippen molar-refractivity contribution >= 4 is 27.0 Å². The number of aromatic nitrogens is 2. The second-order valence-corrected chi connectivity index (χ2v) is 5.62. The van der Waals surface area contributed by atoms with Gasteiger partial charge in [-0.2, -0.15) is 0 Å². The van der Waals surface area contributed by atoms with E-state index in [9.17, 15) is 0 Å². The van der Waals surface area contributed by atoms with E-state index in [1.165, 1.54) is 5.56 Å². The molecule has 1 aromatic heterocycles. The number of halogens is 1. The predicted molar refractivity (Wildman–Crippen MR) is 74.8 cm³/mol. The Labute approximate surface area is 114 Å². The van der Waals surface area contributed by atoms with Crippen LogP contribution in [0.4, 0.5) is 0 Å². The Morgan fingerprint density at radius 2 is 2.39 bits per heavy atom. The number of hydrogen-bond donors (Lipinski definition) is 2.